The van der Waals surface area contributed by atoms with Crippen molar-refractivity contribution in [2.45, 2.75) is 4.90 Å². The first-order valence-electron chi connectivity index (χ1n) is 3.69. The molecule has 0 aliphatic heterocycles. The van der Waals surface area contributed by atoms with Crippen molar-refractivity contribution in [3.63, 3.8) is 0 Å². The maximum absolute atomic E-state index is 11.0. The summed E-state index contributed by atoms with van der Waals surface area (Å²) in [6, 6.07) is 5.48. The van der Waals surface area contributed by atoms with E-state index < -0.39 is 15.9 Å². The number of hydrogen-bond donors (Lipinski definition) is 2. The van der Waals surface area contributed by atoms with Gasteiger partial charge in [0, 0.05) is 11.9 Å². The van der Waals surface area contributed by atoms with Gasteiger partial charge in [-0.15, -0.1) is 0 Å². The molecule has 0 saturated heterocycles. The molecule has 0 fully saturated rings. The third-order valence-electron chi connectivity index (χ3n) is 1.53. The zero-order valence-corrected chi connectivity index (χ0v) is 8.61. The number of carboxylic acid groups (broad SMARTS) is 1. The molecular weight excluding hydrogens is 225 g/mol. The van der Waals surface area contributed by atoms with Crippen LogP contribution in [0.15, 0.2) is 29.2 Å². The van der Waals surface area contributed by atoms with E-state index in [0.717, 1.165) is 6.26 Å². The number of rotatable bonds is 2. The van der Waals surface area contributed by atoms with Gasteiger partial charge in [-0.25, -0.2) is 13.2 Å². The van der Waals surface area contributed by atoms with E-state index in [2.05, 4.69) is 5.32 Å². The molecule has 0 radical (unpaired) electrons. The van der Waals surface area contributed by atoms with Gasteiger partial charge in [0.05, 0.1) is 4.90 Å². The van der Waals surface area contributed by atoms with Gasteiger partial charge in [0.25, 0.3) is 0 Å². The van der Waals surface area contributed by atoms with Crippen molar-refractivity contribution in [1.82, 2.24) is 0 Å². The Morgan fingerprint density at radius 3 is 2.07 bits per heavy atom. The van der Waals surface area contributed by atoms with Gasteiger partial charge < -0.3 is 5.11 Å². The molecular formula is C8H10FNO4S. The van der Waals surface area contributed by atoms with Gasteiger partial charge in [-0.2, -0.15) is 0 Å². The molecule has 0 atom stereocenters. The summed E-state index contributed by atoms with van der Waals surface area (Å²) in [5.74, 6) is 0. The Kier molecular flexibility index (Phi) is 4.22. The SMILES string of the molecule is CS(=O)(=O)c1ccc(NC(=O)O)cc1.F. The smallest absolute Gasteiger partial charge is 0.409 e. The van der Waals surface area contributed by atoms with Crippen LogP contribution < -0.4 is 5.32 Å². The lowest BCUT2D eigenvalue weighted by atomic mass is 10.3. The minimum atomic E-state index is -3.22. The quantitative estimate of drug-likeness (QED) is 0.810. The van der Waals surface area contributed by atoms with Gasteiger partial charge in [0.15, 0.2) is 9.84 Å². The van der Waals surface area contributed by atoms with E-state index >= 15 is 0 Å². The molecule has 1 aromatic carbocycles. The molecule has 0 aliphatic carbocycles. The molecule has 0 bridgehead atoms. The highest BCUT2D eigenvalue weighted by Gasteiger charge is 2.06. The number of carbonyl (C=O) groups is 1. The lowest BCUT2D eigenvalue weighted by molar-refractivity contribution is 0.209. The van der Waals surface area contributed by atoms with E-state index in [1.807, 2.05) is 0 Å². The van der Waals surface area contributed by atoms with Crippen molar-refractivity contribution >= 4 is 21.6 Å². The van der Waals surface area contributed by atoms with Gasteiger partial charge in [-0.05, 0) is 24.3 Å². The first-order chi connectivity index (χ1) is 6.39. The first kappa shape index (κ1) is 13.4. The topological polar surface area (TPSA) is 83.5 Å². The predicted octanol–water partition coefficient (Wildman–Crippen LogP) is 1.33. The second-order valence-electron chi connectivity index (χ2n) is 2.73. The van der Waals surface area contributed by atoms with Crippen molar-refractivity contribution in [3.8, 4) is 0 Å². The van der Waals surface area contributed by atoms with Crippen LogP contribution in [0.2, 0.25) is 0 Å². The van der Waals surface area contributed by atoms with Gasteiger partial charge in [0.1, 0.15) is 0 Å². The summed E-state index contributed by atoms with van der Waals surface area (Å²) in [5, 5.41) is 10.5. The summed E-state index contributed by atoms with van der Waals surface area (Å²) in [7, 11) is -3.22. The number of amides is 1. The molecule has 15 heavy (non-hydrogen) atoms. The van der Waals surface area contributed by atoms with Gasteiger partial charge >= 0.3 is 6.09 Å². The van der Waals surface area contributed by atoms with Crippen molar-refractivity contribution < 1.29 is 23.0 Å². The van der Waals surface area contributed by atoms with E-state index in [-0.39, 0.29) is 9.60 Å². The summed E-state index contributed by atoms with van der Waals surface area (Å²) in [5.41, 5.74) is 0.338. The zero-order valence-electron chi connectivity index (χ0n) is 7.80. The highest BCUT2D eigenvalue weighted by atomic mass is 32.2. The number of nitrogens with one attached hydrogen (secondary N) is 1. The molecule has 0 spiro atoms. The number of sulfone groups is 1. The Hall–Kier alpha value is -1.63. The van der Waals surface area contributed by atoms with Crippen molar-refractivity contribution in [2.75, 3.05) is 11.6 Å². The molecule has 1 amide bonds. The molecule has 0 aromatic heterocycles. The van der Waals surface area contributed by atoms with Gasteiger partial charge in [-0.3, -0.25) is 10.0 Å². The summed E-state index contributed by atoms with van der Waals surface area (Å²) in [4.78, 5) is 10.4. The number of anilines is 1. The first-order valence-corrected chi connectivity index (χ1v) is 5.59. The number of hydrogen-bond acceptors (Lipinski definition) is 3. The summed E-state index contributed by atoms with van der Waals surface area (Å²) in [6.07, 6.45) is -0.0933. The molecule has 5 nitrogen and oxygen atoms in total. The van der Waals surface area contributed by atoms with Crippen LogP contribution in [-0.4, -0.2) is 25.9 Å². The van der Waals surface area contributed by atoms with E-state index in [9.17, 15) is 13.2 Å². The summed E-state index contributed by atoms with van der Waals surface area (Å²) < 4.78 is 22.1. The van der Waals surface area contributed by atoms with Crippen LogP contribution in [0.4, 0.5) is 15.2 Å². The van der Waals surface area contributed by atoms with Crippen LogP contribution in [0.5, 0.6) is 0 Å². The van der Waals surface area contributed by atoms with Crippen molar-refractivity contribution in [3.05, 3.63) is 24.3 Å². The van der Waals surface area contributed by atoms with Gasteiger partial charge in [-0.1, -0.05) is 0 Å². The molecule has 2 N–H and O–H groups in total. The lowest BCUT2D eigenvalue weighted by Gasteiger charge is -2.01. The fourth-order valence-corrected chi connectivity index (χ4v) is 1.54. The average molecular weight is 235 g/mol. The monoisotopic (exact) mass is 235 g/mol. The maximum atomic E-state index is 11.0. The molecule has 1 aromatic rings. The van der Waals surface area contributed by atoms with E-state index in [1.165, 1.54) is 24.3 Å². The Labute approximate surface area is 86.0 Å². The number of halogens is 1. The average Bonchev–Trinajstić information content (AvgIpc) is 2.02. The maximum Gasteiger partial charge on any atom is 0.409 e. The van der Waals surface area contributed by atoms with Crippen LogP contribution in [0.1, 0.15) is 0 Å². The summed E-state index contributed by atoms with van der Waals surface area (Å²) >= 11 is 0. The zero-order chi connectivity index (χ0) is 10.8. The highest BCUT2D eigenvalue weighted by molar-refractivity contribution is 7.90. The normalized spacial score (nSPS) is 10.2. The lowest BCUT2D eigenvalue weighted by Crippen LogP contribution is -2.07. The summed E-state index contributed by atoms with van der Waals surface area (Å²) in [6.45, 7) is 0. The van der Waals surface area contributed by atoms with Crippen LogP contribution in [0.3, 0.4) is 0 Å². The molecule has 0 heterocycles. The molecule has 0 aliphatic rings. The largest absolute Gasteiger partial charge is 0.465 e. The second-order valence-corrected chi connectivity index (χ2v) is 4.74. The predicted molar refractivity (Wildman–Crippen MR) is 53.7 cm³/mol. The Morgan fingerprint density at radius 1 is 1.27 bits per heavy atom. The molecule has 1 rings (SSSR count). The molecule has 7 heteroatoms. The highest BCUT2D eigenvalue weighted by Crippen LogP contribution is 2.13. The van der Waals surface area contributed by atoms with Gasteiger partial charge in [0.2, 0.25) is 0 Å². The second kappa shape index (κ2) is 4.74. The van der Waals surface area contributed by atoms with E-state index in [1.54, 1.807) is 0 Å². The fraction of sp³-hybridized carbons (Fsp3) is 0.125. The third-order valence-corrected chi connectivity index (χ3v) is 2.66. The minimum absolute atomic E-state index is 0. The van der Waals surface area contributed by atoms with Crippen molar-refractivity contribution in [1.29, 1.82) is 0 Å². The van der Waals surface area contributed by atoms with E-state index in [0.29, 0.717) is 5.69 Å². The standard InChI is InChI=1S/C8H9NO4S.FH/c1-14(12,13)7-4-2-6(3-5-7)9-8(10)11;/h2-5,9H,1H3,(H,10,11);1H. The molecule has 84 valence electrons. The third kappa shape index (κ3) is 3.94. The minimum Gasteiger partial charge on any atom is -0.465 e. The molecule has 0 unspecified atom stereocenters. The number of benzene rings is 1. The Morgan fingerprint density at radius 2 is 1.73 bits per heavy atom. The van der Waals surface area contributed by atoms with Crippen LogP contribution in [0.25, 0.3) is 0 Å². The van der Waals surface area contributed by atoms with E-state index in [4.69, 9.17) is 5.11 Å². The Balaban J connectivity index is 0.00000196. The van der Waals surface area contributed by atoms with Crippen molar-refractivity contribution in [2.24, 2.45) is 0 Å². The molecule has 0 saturated carbocycles. The Bertz CT molecular complexity index is 440. The van der Waals surface area contributed by atoms with Crippen LogP contribution in [0, 0.1) is 0 Å². The fourth-order valence-electron chi connectivity index (χ4n) is 0.909. The van der Waals surface area contributed by atoms with Crippen LogP contribution >= 0.6 is 0 Å². The van der Waals surface area contributed by atoms with Crippen LogP contribution in [-0.2, 0) is 9.84 Å².